The van der Waals surface area contributed by atoms with Gasteiger partial charge in [-0.05, 0) is 61.8 Å². The van der Waals surface area contributed by atoms with Gasteiger partial charge in [0.1, 0.15) is 0 Å². The van der Waals surface area contributed by atoms with Crippen LogP contribution in [0.2, 0.25) is 0 Å². The Hall–Kier alpha value is -1.14. The summed E-state index contributed by atoms with van der Waals surface area (Å²) in [6.45, 7) is 7.36. The van der Waals surface area contributed by atoms with Crippen molar-refractivity contribution in [2.75, 3.05) is 6.54 Å². The van der Waals surface area contributed by atoms with Crippen molar-refractivity contribution in [3.8, 4) is 11.7 Å². The van der Waals surface area contributed by atoms with Crippen LogP contribution in [0.4, 0.5) is 0 Å². The summed E-state index contributed by atoms with van der Waals surface area (Å²) in [4.78, 5) is 0. The van der Waals surface area contributed by atoms with Gasteiger partial charge in [0, 0.05) is 12.0 Å². The normalized spacial score (nSPS) is 12.0. The first-order valence-corrected chi connectivity index (χ1v) is 7.06. The van der Waals surface area contributed by atoms with Crippen molar-refractivity contribution in [3.05, 3.63) is 22.7 Å². The van der Waals surface area contributed by atoms with Crippen LogP contribution in [0.15, 0.2) is 25.6 Å². The van der Waals surface area contributed by atoms with E-state index in [0.29, 0.717) is 22.2 Å². The van der Waals surface area contributed by atoms with Crippen LogP contribution in [0, 0.1) is 0 Å². The molecule has 2 aromatic heterocycles. The molecule has 0 saturated carbocycles. The third-order valence-electron chi connectivity index (χ3n) is 2.47. The number of aromatic nitrogens is 2. The number of aryl methyl sites for hydroxylation is 1. The van der Waals surface area contributed by atoms with Gasteiger partial charge in [-0.15, -0.1) is 10.2 Å². The minimum absolute atomic E-state index is 0.139. The van der Waals surface area contributed by atoms with Crippen molar-refractivity contribution in [2.45, 2.75) is 39.2 Å². The summed E-state index contributed by atoms with van der Waals surface area (Å²) in [5.74, 6) is 1.64. The van der Waals surface area contributed by atoms with E-state index in [9.17, 15) is 0 Å². The van der Waals surface area contributed by atoms with Crippen LogP contribution in [0.1, 0.15) is 33.1 Å². The van der Waals surface area contributed by atoms with E-state index in [1.807, 2.05) is 0 Å². The quantitative estimate of drug-likeness (QED) is 0.852. The van der Waals surface area contributed by atoms with Gasteiger partial charge in [0.05, 0.1) is 0 Å². The van der Waals surface area contributed by atoms with Gasteiger partial charge in [-0.25, -0.2) is 0 Å². The lowest BCUT2D eigenvalue weighted by molar-refractivity contribution is 0.411. The van der Waals surface area contributed by atoms with E-state index < -0.39 is 0 Å². The standard InChI is InChI=1S/C13H18BrN3O2/c1-13(2,3)15-8-4-5-11-16-17-12(19-11)9-6-7-10(14)18-9/h6-7,15H,4-5,8H2,1-3H3. The van der Waals surface area contributed by atoms with Crippen LogP contribution in [0.3, 0.4) is 0 Å². The molecular formula is C13H18BrN3O2. The first-order chi connectivity index (χ1) is 8.94. The first kappa shape index (κ1) is 14.3. The highest BCUT2D eigenvalue weighted by atomic mass is 79.9. The summed E-state index contributed by atoms with van der Waals surface area (Å²) >= 11 is 3.24. The number of halogens is 1. The Morgan fingerprint density at radius 2 is 2.00 bits per heavy atom. The zero-order valence-electron chi connectivity index (χ0n) is 11.4. The molecule has 0 saturated heterocycles. The van der Waals surface area contributed by atoms with E-state index in [1.54, 1.807) is 12.1 Å². The summed E-state index contributed by atoms with van der Waals surface area (Å²) in [6.07, 6.45) is 1.72. The lowest BCUT2D eigenvalue weighted by Crippen LogP contribution is -2.36. The van der Waals surface area contributed by atoms with Crippen molar-refractivity contribution >= 4 is 15.9 Å². The molecular weight excluding hydrogens is 310 g/mol. The van der Waals surface area contributed by atoms with E-state index in [-0.39, 0.29) is 5.54 Å². The molecule has 104 valence electrons. The molecule has 0 aliphatic carbocycles. The predicted octanol–water partition coefficient (Wildman–Crippen LogP) is 3.41. The van der Waals surface area contributed by atoms with Crippen LogP contribution < -0.4 is 5.32 Å². The van der Waals surface area contributed by atoms with Gasteiger partial charge in [0.2, 0.25) is 5.89 Å². The van der Waals surface area contributed by atoms with E-state index in [4.69, 9.17) is 8.83 Å². The topological polar surface area (TPSA) is 64.1 Å². The Morgan fingerprint density at radius 3 is 2.63 bits per heavy atom. The largest absolute Gasteiger partial charge is 0.444 e. The van der Waals surface area contributed by atoms with Gasteiger partial charge < -0.3 is 14.2 Å². The molecule has 0 spiro atoms. The summed E-state index contributed by atoms with van der Waals surface area (Å²) in [7, 11) is 0. The van der Waals surface area contributed by atoms with Gasteiger partial charge in [-0.2, -0.15) is 0 Å². The zero-order chi connectivity index (χ0) is 13.9. The smallest absolute Gasteiger partial charge is 0.283 e. The molecule has 2 heterocycles. The number of furan rings is 1. The Kier molecular flexibility index (Phi) is 4.42. The molecule has 0 atom stereocenters. The maximum absolute atomic E-state index is 5.55. The van der Waals surface area contributed by atoms with Gasteiger partial charge in [0.25, 0.3) is 5.89 Å². The van der Waals surface area contributed by atoms with Crippen LogP contribution in [-0.4, -0.2) is 22.3 Å². The van der Waals surface area contributed by atoms with Crippen LogP contribution in [-0.2, 0) is 6.42 Å². The summed E-state index contributed by atoms with van der Waals surface area (Å²) < 4.78 is 11.6. The highest BCUT2D eigenvalue weighted by molar-refractivity contribution is 9.10. The second kappa shape index (κ2) is 5.88. The Balaban J connectivity index is 1.85. The molecule has 0 aliphatic heterocycles. The maximum Gasteiger partial charge on any atom is 0.283 e. The highest BCUT2D eigenvalue weighted by Crippen LogP contribution is 2.23. The monoisotopic (exact) mass is 327 g/mol. The van der Waals surface area contributed by atoms with Crippen molar-refractivity contribution in [3.63, 3.8) is 0 Å². The van der Waals surface area contributed by atoms with E-state index in [1.165, 1.54) is 0 Å². The van der Waals surface area contributed by atoms with Crippen molar-refractivity contribution in [1.82, 2.24) is 15.5 Å². The second-order valence-corrected chi connectivity index (χ2v) is 6.17. The number of hydrogen-bond donors (Lipinski definition) is 1. The summed E-state index contributed by atoms with van der Waals surface area (Å²) in [6, 6.07) is 3.59. The number of nitrogens with one attached hydrogen (secondary N) is 1. The number of hydrogen-bond acceptors (Lipinski definition) is 5. The number of nitrogens with zero attached hydrogens (tertiary/aromatic N) is 2. The van der Waals surface area contributed by atoms with Crippen LogP contribution in [0.25, 0.3) is 11.7 Å². The molecule has 19 heavy (non-hydrogen) atoms. The lowest BCUT2D eigenvalue weighted by Gasteiger charge is -2.19. The third-order valence-corrected chi connectivity index (χ3v) is 2.90. The van der Waals surface area contributed by atoms with E-state index in [0.717, 1.165) is 19.4 Å². The van der Waals surface area contributed by atoms with Crippen molar-refractivity contribution < 1.29 is 8.83 Å². The fourth-order valence-corrected chi connectivity index (χ4v) is 1.89. The fourth-order valence-electron chi connectivity index (χ4n) is 1.59. The molecule has 5 nitrogen and oxygen atoms in total. The first-order valence-electron chi connectivity index (χ1n) is 6.27. The molecule has 6 heteroatoms. The second-order valence-electron chi connectivity index (χ2n) is 5.39. The van der Waals surface area contributed by atoms with Gasteiger partial charge >= 0.3 is 0 Å². The molecule has 0 aromatic carbocycles. The van der Waals surface area contributed by atoms with E-state index in [2.05, 4.69) is 52.2 Å². The third kappa shape index (κ3) is 4.47. The van der Waals surface area contributed by atoms with Crippen molar-refractivity contribution in [1.29, 1.82) is 0 Å². The van der Waals surface area contributed by atoms with Crippen LogP contribution >= 0.6 is 15.9 Å². The SMILES string of the molecule is CC(C)(C)NCCCc1nnc(-c2ccc(Br)o2)o1. The molecule has 0 amide bonds. The lowest BCUT2D eigenvalue weighted by atomic mass is 10.1. The molecule has 0 fully saturated rings. The zero-order valence-corrected chi connectivity index (χ0v) is 13.0. The summed E-state index contributed by atoms with van der Waals surface area (Å²) in [5.41, 5.74) is 0.139. The van der Waals surface area contributed by atoms with Gasteiger partial charge in [0.15, 0.2) is 10.4 Å². The Morgan fingerprint density at radius 1 is 1.21 bits per heavy atom. The molecule has 0 unspecified atom stereocenters. The molecule has 0 aliphatic rings. The highest BCUT2D eigenvalue weighted by Gasteiger charge is 2.12. The molecule has 1 N–H and O–H groups in total. The van der Waals surface area contributed by atoms with Crippen LogP contribution in [0.5, 0.6) is 0 Å². The Bertz CT molecular complexity index is 528. The summed E-state index contributed by atoms with van der Waals surface area (Å²) in [5, 5.41) is 11.4. The maximum atomic E-state index is 5.55. The number of rotatable bonds is 5. The fraction of sp³-hybridized carbons (Fsp3) is 0.538. The minimum atomic E-state index is 0.139. The van der Waals surface area contributed by atoms with E-state index >= 15 is 0 Å². The molecule has 2 aromatic rings. The Labute approximate surface area is 120 Å². The van der Waals surface area contributed by atoms with Gasteiger partial charge in [-0.1, -0.05) is 0 Å². The van der Waals surface area contributed by atoms with Gasteiger partial charge in [-0.3, -0.25) is 0 Å². The average Bonchev–Trinajstić information content (AvgIpc) is 2.92. The molecule has 0 bridgehead atoms. The molecule has 2 rings (SSSR count). The predicted molar refractivity (Wildman–Crippen MR) is 75.8 cm³/mol. The van der Waals surface area contributed by atoms with Crippen molar-refractivity contribution in [2.24, 2.45) is 0 Å². The minimum Gasteiger partial charge on any atom is -0.444 e. The molecule has 0 radical (unpaired) electrons. The average molecular weight is 328 g/mol.